The summed E-state index contributed by atoms with van der Waals surface area (Å²) >= 11 is 0. The van der Waals surface area contributed by atoms with Gasteiger partial charge in [-0.2, -0.15) is 0 Å². The Kier molecular flexibility index (Phi) is 45.6. The van der Waals surface area contributed by atoms with Crippen LogP contribution in [-0.2, 0) is 4.74 Å². The SMILES string of the molecule is CCCCCCCCCCCCCCCCCCOCCCCCCCCCCCCCCCCCC.CNC. The van der Waals surface area contributed by atoms with E-state index in [9.17, 15) is 0 Å². The van der Waals surface area contributed by atoms with Gasteiger partial charge >= 0.3 is 0 Å². The van der Waals surface area contributed by atoms with Crippen molar-refractivity contribution in [2.24, 2.45) is 0 Å². The molecule has 0 aliphatic rings. The van der Waals surface area contributed by atoms with E-state index in [-0.39, 0.29) is 0 Å². The lowest BCUT2D eigenvalue weighted by Gasteiger charge is -2.06. The zero-order valence-electron chi connectivity index (χ0n) is 28.9. The Balaban J connectivity index is 0. The van der Waals surface area contributed by atoms with Crippen molar-refractivity contribution in [1.82, 2.24) is 5.32 Å². The molecule has 40 heavy (non-hydrogen) atoms. The molecule has 0 fully saturated rings. The first-order chi connectivity index (χ1) is 19.8. The Bertz CT molecular complexity index is 352. The first-order valence-corrected chi connectivity index (χ1v) is 19.0. The van der Waals surface area contributed by atoms with Gasteiger partial charge in [0.25, 0.3) is 0 Å². The zero-order chi connectivity index (χ0) is 29.5. The standard InChI is InChI=1S/C36H74O.C2H7N/c1-3-5-7-9-11-13-15-17-19-21-23-25-27-29-31-33-35-37-36-34-32-30-28-26-24-22-20-18-16-14-12-10-8-6-4-2;1-3-2/h3-36H2,1-2H3;3H,1-2H3. The summed E-state index contributed by atoms with van der Waals surface area (Å²) in [6, 6.07) is 0. The molecule has 0 bridgehead atoms. The lowest BCUT2D eigenvalue weighted by atomic mass is 10.0. The van der Waals surface area contributed by atoms with E-state index in [0.717, 1.165) is 13.2 Å². The molecule has 0 aromatic carbocycles. The average Bonchev–Trinajstić information content (AvgIpc) is 2.96. The molecule has 0 atom stereocenters. The summed E-state index contributed by atoms with van der Waals surface area (Å²) < 4.78 is 5.87. The van der Waals surface area contributed by atoms with Crippen molar-refractivity contribution in [3.8, 4) is 0 Å². The lowest BCUT2D eigenvalue weighted by Crippen LogP contribution is -1.97. The van der Waals surface area contributed by atoms with Crippen LogP contribution in [0.3, 0.4) is 0 Å². The van der Waals surface area contributed by atoms with E-state index < -0.39 is 0 Å². The average molecular weight is 568 g/mol. The molecule has 2 heteroatoms. The molecule has 0 heterocycles. The summed E-state index contributed by atoms with van der Waals surface area (Å²) in [5.41, 5.74) is 0. The van der Waals surface area contributed by atoms with E-state index in [1.807, 2.05) is 14.1 Å². The molecule has 2 nitrogen and oxygen atoms in total. The second-order valence-corrected chi connectivity index (χ2v) is 12.7. The highest BCUT2D eigenvalue weighted by atomic mass is 16.5. The molecule has 0 aliphatic carbocycles. The van der Waals surface area contributed by atoms with Crippen LogP contribution in [0.1, 0.15) is 219 Å². The number of hydrogen-bond donors (Lipinski definition) is 1. The second kappa shape index (κ2) is 43.4. The van der Waals surface area contributed by atoms with E-state index >= 15 is 0 Å². The van der Waals surface area contributed by atoms with Gasteiger partial charge in [-0.3, -0.25) is 0 Å². The van der Waals surface area contributed by atoms with E-state index in [1.54, 1.807) is 0 Å². The van der Waals surface area contributed by atoms with Gasteiger partial charge in [0.15, 0.2) is 0 Å². The minimum absolute atomic E-state index is 0.997. The second-order valence-electron chi connectivity index (χ2n) is 12.7. The summed E-state index contributed by atoms with van der Waals surface area (Å²) in [6.45, 7) is 6.60. The highest BCUT2D eigenvalue weighted by molar-refractivity contribution is 4.52. The van der Waals surface area contributed by atoms with Gasteiger partial charge in [0.2, 0.25) is 0 Å². The van der Waals surface area contributed by atoms with Crippen molar-refractivity contribution in [2.45, 2.75) is 219 Å². The third-order valence-corrected chi connectivity index (χ3v) is 8.28. The normalized spacial score (nSPS) is 11.1. The fraction of sp³-hybridized carbons (Fsp3) is 1.00. The molecule has 0 aromatic heterocycles. The third-order valence-electron chi connectivity index (χ3n) is 8.28. The number of hydrogen-bond acceptors (Lipinski definition) is 2. The predicted molar refractivity (Wildman–Crippen MR) is 185 cm³/mol. The Morgan fingerprint density at radius 1 is 0.275 bits per heavy atom. The molecule has 0 amide bonds. The van der Waals surface area contributed by atoms with Gasteiger partial charge in [0.1, 0.15) is 0 Å². The molecule has 0 spiro atoms. The minimum atomic E-state index is 0.997. The van der Waals surface area contributed by atoms with Gasteiger partial charge in [-0.25, -0.2) is 0 Å². The van der Waals surface area contributed by atoms with Gasteiger partial charge in [-0.15, -0.1) is 0 Å². The monoisotopic (exact) mass is 568 g/mol. The molecule has 0 aromatic rings. The van der Waals surface area contributed by atoms with E-state index in [2.05, 4.69) is 19.2 Å². The number of ether oxygens (including phenoxy) is 1. The molecule has 0 aliphatic heterocycles. The minimum Gasteiger partial charge on any atom is -0.381 e. The van der Waals surface area contributed by atoms with Crippen LogP contribution in [0.15, 0.2) is 0 Å². The predicted octanol–water partition coefficient (Wildman–Crippen LogP) is 13.4. The zero-order valence-corrected chi connectivity index (χ0v) is 28.9. The quantitative estimate of drug-likeness (QED) is 0.0781. The third kappa shape index (κ3) is 44.9. The summed E-state index contributed by atoms with van der Waals surface area (Å²) in [5.74, 6) is 0. The Morgan fingerprint density at radius 2 is 0.425 bits per heavy atom. The maximum Gasteiger partial charge on any atom is 0.0466 e. The molecule has 1 N–H and O–H groups in total. The molecule has 0 rings (SSSR count). The van der Waals surface area contributed by atoms with Crippen molar-refractivity contribution in [1.29, 1.82) is 0 Å². The molecular formula is C38H81NO. The van der Waals surface area contributed by atoms with Crippen LogP contribution >= 0.6 is 0 Å². The number of nitrogens with one attached hydrogen (secondary N) is 1. The largest absolute Gasteiger partial charge is 0.381 e. The summed E-state index contributed by atoms with van der Waals surface area (Å²) in [5, 5.41) is 2.75. The first-order valence-electron chi connectivity index (χ1n) is 19.0. The topological polar surface area (TPSA) is 21.3 Å². The number of rotatable bonds is 34. The lowest BCUT2D eigenvalue weighted by molar-refractivity contribution is 0.125. The fourth-order valence-electron chi connectivity index (χ4n) is 5.61. The highest BCUT2D eigenvalue weighted by Gasteiger charge is 1.97. The van der Waals surface area contributed by atoms with Crippen molar-refractivity contribution in [3.63, 3.8) is 0 Å². The maximum atomic E-state index is 5.87. The van der Waals surface area contributed by atoms with Gasteiger partial charge in [0, 0.05) is 13.2 Å². The van der Waals surface area contributed by atoms with E-state index in [0.29, 0.717) is 0 Å². The number of unbranched alkanes of at least 4 members (excludes halogenated alkanes) is 30. The summed E-state index contributed by atoms with van der Waals surface area (Å²) in [7, 11) is 3.75. The molecule has 0 radical (unpaired) electrons. The Labute approximate surface area is 256 Å². The summed E-state index contributed by atoms with van der Waals surface area (Å²) in [4.78, 5) is 0. The Morgan fingerprint density at radius 3 is 0.600 bits per heavy atom. The van der Waals surface area contributed by atoms with Crippen LogP contribution in [0.4, 0.5) is 0 Å². The van der Waals surface area contributed by atoms with Crippen LogP contribution < -0.4 is 5.32 Å². The van der Waals surface area contributed by atoms with Crippen molar-refractivity contribution < 1.29 is 4.74 Å². The fourth-order valence-corrected chi connectivity index (χ4v) is 5.61. The van der Waals surface area contributed by atoms with E-state index in [4.69, 9.17) is 4.74 Å². The maximum absolute atomic E-state index is 5.87. The van der Waals surface area contributed by atoms with Crippen LogP contribution in [0.25, 0.3) is 0 Å². The van der Waals surface area contributed by atoms with Crippen LogP contribution in [0, 0.1) is 0 Å². The van der Waals surface area contributed by atoms with Gasteiger partial charge in [-0.1, -0.05) is 206 Å². The molecule has 0 unspecified atom stereocenters. The van der Waals surface area contributed by atoms with Gasteiger partial charge in [0.05, 0.1) is 0 Å². The van der Waals surface area contributed by atoms with E-state index in [1.165, 1.54) is 205 Å². The molecule has 244 valence electrons. The first kappa shape index (κ1) is 42.1. The van der Waals surface area contributed by atoms with Crippen LogP contribution in [0.2, 0.25) is 0 Å². The smallest absolute Gasteiger partial charge is 0.0466 e. The van der Waals surface area contributed by atoms with Crippen LogP contribution in [-0.4, -0.2) is 27.3 Å². The van der Waals surface area contributed by atoms with Crippen LogP contribution in [0.5, 0.6) is 0 Å². The van der Waals surface area contributed by atoms with Gasteiger partial charge < -0.3 is 10.1 Å². The van der Waals surface area contributed by atoms with Crippen molar-refractivity contribution in [2.75, 3.05) is 27.3 Å². The van der Waals surface area contributed by atoms with Crippen molar-refractivity contribution >= 4 is 0 Å². The summed E-state index contributed by atoms with van der Waals surface area (Å²) in [6.07, 6.45) is 46.0. The molecular weight excluding hydrogens is 486 g/mol. The molecule has 0 saturated carbocycles. The Hall–Kier alpha value is -0.0800. The van der Waals surface area contributed by atoms with Crippen molar-refractivity contribution in [3.05, 3.63) is 0 Å². The highest BCUT2D eigenvalue weighted by Crippen LogP contribution is 2.15. The molecule has 0 saturated heterocycles. The van der Waals surface area contributed by atoms with Gasteiger partial charge in [-0.05, 0) is 26.9 Å².